The number of methoxy groups -OCH3 is 1. The maximum Gasteiger partial charge on any atom is 0.237 e. The van der Waals surface area contributed by atoms with Gasteiger partial charge in [-0.3, -0.25) is 9.36 Å². The summed E-state index contributed by atoms with van der Waals surface area (Å²) in [4.78, 5) is 17.0. The van der Waals surface area contributed by atoms with Crippen LogP contribution in [0, 0.1) is 0 Å². The van der Waals surface area contributed by atoms with Crippen molar-refractivity contribution in [3.63, 3.8) is 0 Å². The average Bonchev–Trinajstić information content (AvgIpc) is 3.37. The standard InChI is InChI=1S/C20H19N3O4S/c1-13(19(24)22-14-3-8-17-18(11-14)27-12-26-17)28-20-21-9-10-23(20)15-4-6-16(25-2)7-5-15/h3-11,13H,12H2,1-2H3,(H,22,24)/t13-/m0/s1. The molecule has 4 rings (SSSR count). The van der Waals surface area contributed by atoms with Gasteiger partial charge in [-0.25, -0.2) is 4.98 Å². The van der Waals surface area contributed by atoms with E-state index in [9.17, 15) is 4.79 Å². The van der Waals surface area contributed by atoms with Gasteiger partial charge < -0.3 is 19.5 Å². The molecule has 8 heteroatoms. The normalized spacial score (nSPS) is 13.2. The van der Waals surface area contributed by atoms with E-state index in [0.29, 0.717) is 17.2 Å². The molecule has 1 atom stereocenters. The zero-order valence-corrected chi connectivity index (χ0v) is 16.2. The highest BCUT2D eigenvalue weighted by molar-refractivity contribution is 8.00. The van der Waals surface area contributed by atoms with Gasteiger partial charge in [0, 0.05) is 29.8 Å². The van der Waals surface area contributed by atoms with Crippen LogP contribution in [0.4, 0.5) is 5.69 Å². The van der Waals surface area contributed by atoms with E-state index >= 15 is 0 Å². The number of nitrogens with zero attached hydrogens (tertiary/aromatic N) is 2. The quantitative estimate of drug-likeness (QED) is 0.639. The number of aromatic nitrogens is 2. The van der Waals surface area contributed by atoms with Crippen molar-refractivity contribution in [2.24, 2.45) is 0 Å². The molecule has 0 saturated carbocycles. The maximum atomic E-state index is 12.6. The lowest BCUT2D eigenvalue weighted by atomic mass is 10.2. The minimum absolute atomic E-state index is 0.117. The van der Waals surface area contributed by atoms with Crippen LogP contribution in [0.15, 0.2) is 60.0 Å². The van der Waals surface area contributed by atoms with Crippen LogP contribution in [-0.2, 0) is 4.79 Å². The molecule has 0 bridgehead atoms. The van der Waals surface area contributed by atoms with Gasteiger partial charge in [0.25, 0.3) is 0 Å². The third-order valence-corrected chi connectivity index (χ3v) is 5.33. The van der Waals surface area contributed by atoms with Crippen LogP contribution in [0.1, 0.15) is 6.92 Å². The number of ether oxygens (including phenoxy) is 3. The summed E-state index contributed by atoms with van der Waals surface area (Å²) in [7, 11) is 1.63. The number of benzene rings is 2. The number of carbonyl (C=O) groups excluding carboxylic acids is 1. The summed E-state index contributed by atoms with van der Waals surface area (Å²) < 4.78 is 17.8. The number of carbonyl (C=O) groups is 1. The fraction of sp³-hybridized carbons (Fsp3) is 0.200. The molecule has 1 aliphatic heterocycles. The first-order valence-corrected chi connectivity index (χ1v) is 9.57. The van der Waals surface area contributed by atoms with Crippen molar-refractivity contribution >= 4 is 23.4 Å². The van der Waals surface area contributed by atoms with Crippen molar-refractivity contribution in [2.45, 2.75) is 17.3 Å². The van der Waals surface area contributed by atoms with Crippen molar-refractivity contribution in [3.05, 3.63) is 54.9 Å². The van der Waals surface area contributed by atoms with Gasteiger partial charge in [0.15, 0.2) is 16.7 Å². The van der Waals surface area contributed by atoms with Gasteiger partial charge >= 0.3 is 0 Å². The molecule has 2 heterocycles. The predicted octanol–water partition coefficient (Wildman–Crippen LogP) is 3.73. The van der Waals surface area contributed by atoms with Crippen LogP contribution >= 0.6 is 11.8 Å². The first-order valence-electron chi connectivity index (χ1n) is 8.69. The number of amides is 1. The molecule has 3 aromatic rings. The van der Waals surface area contributed by atoms with Crippen LogP contribution in [0.25, 0.3) is 5.69 Å². The molecule has 7 nitrogen and oxygen atoms in total. The number of anilines is 1. The van der Waals surface area contributed by atoms with Crippen LogP contribution < -0.4 is 19.5 Å². The molecule has 0 saturated heterocycles. The summed E-state index contributed by atoms with van der Waals surface area (Å²) in [5.74, 6) is 1.98. The Morgan fingerprint density at radius 2 is 2.00 bits per heavy atom. The molecule has 0 fully saturated rings. The van der Waals surface area contributed by atoms with Gasteiger partial charge in [0.2, 0.25) is 12.7 Å². The molecule has 1 N–H and O–H groups in total. The molecular weight excluding hydrogens is 378 g/mol. The fourth-order valence-corrected chi connectivity index (χ4v) is 3.63. The second kappa shape index (κ2) is 7.85. The summed E-state index contributed by atoms with van der Waals surface area (Å²) in [6.07, 6.45) is 3.58. The van der Waals surface area contributed by atoms with Crippen LogP contribution in [0.2, 0.25) is 0 Å². The van der Waals surface area contributed by atoms with Crippen molar-refractivity contribution in [3.8, 4) is 22.9 Å². The minimum Gasteiger partial charge on any atom is -0.497 e. The van der Waals surface area contributed by atoms with Gasteiger partial charge in [0.05, 0.1) is 12.4 Å². The Kier molecular flexibility index (Phi) is 5.12. The molecule has 0 unspecified atom stereocenters. The number of imidazole rings is 1. The van der Waals surface area contributed by atoms with E-state index in [1.165, 1.54) is 11.8 Å². The number of hydrogen-bond acceptors (Lipinski definition) is 6. The first kappa shape index (κ1) is 18.2. The Balaban J connectivity index is 1.44. The second-order valence-electron chi connectivity index (χ2n) is 6.10. The Bertz CT molecular complexity index is 987. The number of fused-ring (bicyclic) bond motifs is 1. The maximum absolute atomic E-state index is 12.6. The Labute approximate surface area is 166 Å². The fourth-order valence-electron chi connectivity index (χ4n) is 2.75. The number of nitrogens with one attached hydrogen (secondary N) is 1. The van der Waals surface area contributed by atoms with Gasteiger partial charge in [0.1, 0.15) is 5.75 Å². The van der Waals surface area contributed by atoms with E-state index in [-0.39, 0.29) is 18.0 Å². The molecule has 144 valence electrons. The lowest BCUT2D eigenvalue weighted by Gasteiger charge is -2.13. The van der Waals surface area contributed by atoms with Gasteiger partial charge in [-0.15, -0.1) is 0 Å². The molecule has 1 amide bonds. The highest BCUT2D eigenvalue weighted by atomic mass is 32.2. The van der Waals surface area contributed by atoms with E-state index in [2.05, 4.69) is 10.3 Å². The van der Waals surface area contributed by atoms with Gasteiger partial charge in [-0.05, 0) is 43.3 Å². The third kappa shape index (κ3) is 3.77. The molecule has 0 aliphatic carbocycles. The number of thioether (sulfide) groups is 1. The van der Waals surface area contributed by atoms with Gasteiger partial charge in [-0.2, -0.15) is 0 Å². The first-order chi connectivity index (χ1) is 13.6. The Morgan fingerprint density at radius 1 is 1.21 bits per heavy atom. The zero-order chi connectivity index (χ0) is 19.5. The van der Waals surface area contributed by atoms with Crippen molar-refractivity contribution in [1.29, 1.82) is 0 Å². The molecule has 28 heavy (non-hydrogen) atoms. The van der Waals surface area contributed by atoms with Crippen LogP contribution in [0.3, 0.4) is 0 Å². The molecule has 0 spiro atoms. The molecule has 0 radical (unpaired) electrons. The Morgan fingerprint density at radius 3 is 2.79 bits per heavy atom. The summed E-state index contributed by atoms with van der Waals surface area (Å²) in [6, 6.07) is 13.0. The van der Waals surface area contributed by atoms with E-state index in [4.69, 9.17) is 14.2 Å². The molecule has 1 aliphatic rings. The minimum atomic E-state index is -0.343. The van der Waals surface area contributed by atoms with Crippen molar-refractivity contribution < 1.29 is 19.0 Å². The average molecular weight is 397 g/mol. The second-order valence-corrected chi connectivity index (χ2v) is 7.40. The summed E-state index contributed by atoms with van der Waals surface area (Å²) in [5.41, 5.74) is 1.62. The largest absolute Gasteiger partial charge is 0.497 e. The lowest BCUT2D eigenvalue weighted by Crippen LogP contribution is -2.22. The van der Waals surface area contributed by atoms with Gasteiger partial charge in [-0.1, -0.05) is 11.8 Å². The smallest absolute Gasteiger partial charge is 0.237 e. The highest BCUT2D eigenvalue weighted by Crippen LogP contribution is 2.34. The number of rotatable bonds is 6. The van der Waals surface area contributed by atoms with Crippen LogP contribution in [-0.4, -0.2) is 34.6 Å². The topological polar surface area (TPSA) is 74.6 Å². The molecule has 2 aromatic carbocycles. The molecule has 1 aromatic heterocycles. The lowest BCUT2D eigenvalue weighted by molar-refractivity contribution is -0.115. The third-order valence-electron chi connectivity index (χ3n) is 4.25. The van der Waals surface area contributed by atoms with E-state index in [1.54, 1.807) is 31.5 Å². The van der Waals surface area contributed by atoms with Crippen LogP contribution in [0.5, 0.6) is 17.2 Å². The summed E-state index contributed by atoms with van der Waals surface area (Å²) >= 11 is 1.39. The van der Waals surface area contributed by atoms with Crippen molar-refractivity contribution in [2.75, 3.05) is 19.2 Å². The highest BCUT2D eigenvalue weighted by Gasteiger charge is 2.19. The van der Waals surface area contributed by atoms with E-state index in [0.717, 1.165) is 16.6 Å². The predicted molar refractivity (Wildman–Crippen MR) is 107 cm³/mol. The zero-order valence-electron chi connectivity index (χ0n) is 15.4. The van der Waals surface area contributed by atoms with Crippen molar-refractivity contribution in [1.82, 2.24) is 9.55 Å². The number of hydrogen-bond donors (Lipinski definition) is 1. The summed E-state index contributed by atoms with van der Waals surface area (Å²) in [5, 5.41) is 3.30. The van der Waals surface area contributed by atoms with E-state index in [1.807, 2.05) is 42.0 Å². The summed E-state index contributed by atoms with van der Waals surface area (Å²) in [6.45, 7) is 2.05. The SMILES string of the molecule is COc1ccc(-n2ccnc2S[C@@H](C)C(=O)Nc2ccc3c(c2)OCO3)cc1. The molecular formula is C20H19N3O4S. The van der Waals surface area contributed by atoms with E-state index < -0.39 is 0 Å². The monoisotopic (exact) mass is 397 g/mol. The Hall–Kier alpha value is -3.13.